The van der Waals surface area contributed by atoms with Crippen LogP contribution in [0.15, 0.2) is 47.0 Å². The number of nitrogens with zero attached hydrogens (tertiary/aromatic N) is 2. The first-order chi connectivity index (χ1) is 11.1. The minimum atomic E-state index is -0.391. The van der Waals surface area contributed by atoms with Crippen LogP contribution in [-0.2, 0) is 11.3 Å². The molecule has 2 amide bonds. The topological polar surface area (TPSA) is 88.6 Å². The van der Waals surface area contributed by atoms with Gasteiger partial charge in [0.2, 0.25) is 5.91 Å². The highest BCUT2D eigenvalue weighted by Gasteiger charge is 2.12. The Hall–Kier alpha value is -3.09. The first kappa shape index (κ1) is 14.8. The van der Waals surface area contributed by atoms with Crippen molar-refractivity contribution < 1.29 is 14.0 Å². The zero-order valence-electron chi connectivity index (χ0n) is 12.6. The molecule has 3 heterocycles. The quantitative estimate of drug-likeness (QED) is 0.743. The van der Waals surface area contributed by atoms with E-state index >= 15 is 0 Å². The van der Waals surface area contributed by atoms with E-state index < -0.39 is 5.91 Å². The highest BCUT2D eigenvalue weighted by atomic mass is 16.3. The summed E-state index contributed by atoms with van der Waals surface area (Å²) in [5.74, 6) is 0.769. The average molecular weight is 312 g/mol. The summed E-state index contributed by atoms with van der Waals surface area (Å²) >= 11 is 0. The number of aryl methyl sites for hydroxylation is 1. The van der Waals surface area contributed by atoms with E-state index in [9.17, 15) is 9.59 Å². The molecular formula is C16H16N4O3. The molecule has 0 fully saturated rings. The number of hydrogen-bond acceptors (Lipinski definition) is 4. The lowest BCUT2D eigenvalue weighted by molar-refractivity contribution is -0.120. The van der Waals surface area contributed by atoms with Crippen molar-refractivity contribution in [2.45, 2.75) is 13.5 Å². The Balaban J connectivity index is 1.51. The van der Waals surface area contributed by atoms with Gasteiger partial charge in [-0.3, -0.25) is 9.59 Å². The number of carbonyl (C=O) groups excluding carboxylic acids is 2. The van der Waals surface area contributed by atoms with Crippen LogP contribution in [0.2, 0.25) is 0 Å². The summed E-state index contributed by atoms with van der Waals surface area (Å²) in [6, 6.07) is 10.8. The van der Waals surface area contributed by atoms with E-state index in [2.05, 4.69) is 15.7 Å². The molecule has 118 valence electrons. The Labute approximate surface area is 132 Å². The summed E-state index contributed by atoms with van der Waals surface area (Å²) in [7, 11) is 0. The predicted molar refractivity (Wildman–Crippen MR) is 82.8 cm³/mol. The lowest BCUT2D eigenvalue weighted by atomic mass is 10.3. The number of hydrogen-bond donors (Lipinski definition) is 2. The van der Waals surface area contributed by atoms with Gasteiger partial charge in [0, 0.05) is 6.20 Å². The van der Waals surface area contributed by atoms with Crippen LogP contribution in [-0.4, -0.2) is 28.0 Å². The maximum atomic E-state index is 12.0. The van der Waals surface area contributed by atoms with Crippen molar-refractivity contribution in [1.82, 2.24) is 20.2 Å². The smallest absolute Gasteiger partial charge is 0.272 e. The monoisotopic (exact) mass is 312 g/mol. The zero-order valence-corrected chi connectivity index (χ0v) is 12.6. The van der Waals surface area contributed by atoms with Crippen molar-refractivity contribution in [3.8, 4) is 0 Å². The molecule has 7 nitrogen and oxygen atoms in total. The van der Waals surface area contributed by atoms with E-state index in [0.29, 0.717) is 5.76 Å². The van der Waals surface area contributed by atoms with Crippen molar-refractivity contribution in [2.75, 3.05) is 6.54 Å². The SMILES string of the molecule is Cc1ccc(CNC(=O)CNC(=O)c2cc3ccccn3n2)o1. The highest BCUT2D eigenvalue weighted by molar-refractivity contribution is 5.95. The standard InChI is InChI=1S/C16H16N4O3/c1-11-5-6-13(23-11)9-17-15(21)10-18-16(22)14-8-12-4-2-3-7-20(12)19-14/h2-8H,9-10H2,1H3,(H,17,21)(H,18,22). The van der Waals surface area contributed by atoms with Crippen LogP contribution in [0.4, 0.5) is 0 Å². The van der Waals surface area contributed by atoms with Crippen LogP contribution in [0, 0.1) is 6.92 Å². The number of nitrogens with one attached hydrogen (secondary N) is 2. The molecule has 0 saturated carbocycles. The van der Waals surface area contributed by atoms with Gasteiger partial charge in [0.15, 0.2) is 5.69 Å². The van der Waals surface area contributed by atoms with E-state index in [1.54, 1.807) is 22.8 Å². The van der Waals surface area contributed by atoms with Gasteiger partial charge in [0.05, 0.1) is 18.6 Å². The third-order valence-corrected chi connectivity index (χ3v) is 3.27. The number of carbonyl (C=O) groups is 2. The van der Waals surface area contributed by atoms with Crippen LogP contribution < -0.4 is 10.6 Å². The van der Waals surface area contributed by atoms with Gasteiger partial charge in [0.1, 0.15) is 11.5 Å². The maximum Gasteiger partial charge on any atom is 0.272 e. The van der Waals surface area contributed by atoms with Gasteiger partial charge < -0.3 is 15.1 Å². The largest absolute Gasteiger partial charge is 0.465 e. The molecule has 0 aliphatic carbocycles. The van der Waals surface area contributed by atoms with E-state index in [0.717, 1.165) is 11.3 Å². The van der Waals surface area contributed by atoms with Gasteiger partial charge in [-0.05, 0) is 37.3 Å². The maximum absolute atomic E-state index is 12.0. The summed E-state index contributed by atoms with van der Waals surface area (Å²) < 4.78 is 6.95. The molecule has 0 aliphatic heterocycles. The summed E-state index contributed by atoms with van der Waals surface area (Å²) in [6.45, 7) is 2.00. The molecule has 23 heavy (non-hydrogen) atoms. The number of rotatable bonds is 5. The summed E-state index contributed by atoms with van der Waals surface area (Å²) in [5.41, 5.74) is 1.08. The molecule has 0 radical (unpaired) electrons. The molecule has 0 spiro atoms. The third kappa shape index (κ3) is 3.57. The molecule has 2 N–H and O–H groups in total. The van der Waals surface area contributed by atoms with Crippen molar-refractivity contribution >= 4 is 17.3 Å². The zero-order chi connectivity index (χ0) is 16.2. The van der Waals surface area contributed by atoms with Crippen molar-refractivity contribution in [2.24, 2.45) is 0 Å². The van der Waals surface area contributed by atoms with Gasteiger partial charge in [0.25, 0.3) is 5.91 Å². The number of aromatic nitrogens is 2. The molecule has 0 aliphatic rings. The highest BCUT2D eigenvalue weighted by Crippen LogP contribution is 2.06. The van der Waals surface area contributed by atoms with Crippen LogP contribution in [0.1, 0.15) is 22.0 Å². The normalized spacial score (nSPS) is 10.7. The second-order valence-corrected chi connectivity index (χ2v) is 5.07. The minimum absolute atomic E-state index is 0.119. The fourth-order valence-corrected chi connectivity index (χ4v) is 2.13. The molecule has 3 rings (SSSR count). The molecular weight excluding hydrogens is 296 g/mol. The summed E-state index contributed by atoms with van der Waals surface area (Å²) in [6.07, 6.45) is 1.75. The van der Waals surface area contributed by atoms with Crippen LogP contribution >= 0.6 is 0 Å². The van der Waals surface area contributed by atoms with Gasteiger partial charge in [-0.25, -0.2) is 4.52 Å². The predicted octanol–water partition coefficient (Wildman–Crippen LogP) is 1.28. The Morgan fingerprint density at radius 3 is 2.83 bits per heavy atom. The number of pyridine rings is 1. The molecule has 7 heteroatoms. The number of furan rings is 1. The lowest BCUT2D eigenvalue weighted by Crippen LogP contribution is -2.36. The van der Waals surface area contributed by atoms with E-state index in [4.69, 9.17) is 4.42 Å². The fourth-order valence-electron chi connectivity index (χ4n) is 2.13. The Kier molecular flexibility index (Phi) is 4.09. The van der Waals surface area contributed by atoms with Gasteiger partial charge in [-0.1, -0.05) is 6.07 Å². The van der Waals surface area contributed by atoms with Gasteiger partial charge in [-0.15, -0.1) is 0 Å². The van der Waals surface area contributed by atoms with E-state index in [-0.39, 0.29) is 24.7 Å². The summed E-state index contributed by atoms with van der Waals surface area (Å²) in [5, 5.41) is 9.36. The summed E-state index contributed by atoms with van der Waals surface area (Å²) in [4.78, 5) is 23.7. The molecule has 3 aromatic rings. The Morgan fingerprint density at radius 1 is 1.22 bits per heavy atom. The second-order valence-electron chi connectivity index (χ2n) is 5.07. The number of fused-ring (bicyclic) bond motifs is 1. The van der Waals surface area contributed by atoms with Gasteiger partial charge >= 0.3 is 0 Å². The molecule has 0 aromatic carbocycles. The molecule has 0 atom stereocenters. The van der Waals surface area contributed by atoms with E-state index in [1.165, 1.54) is 0 Å². The van der Waals surface area contributed by atoms with Crippen LogP contribution in [0.5, 0.6) is 0 Å². The second kappa shape index (κ2) is 6.35. The molecule has 0 bridgehead atoms. The van der Waals surface area contributed by atoms with Crippen LogP contribution in [0.25, 0.3) is 5.52 Å². The first-order valence-electron chi connectivity index (χ1n) is 7.16. The average Bonchev–Trinajstić information content (AvgIpc) is 3.16. The third-order valence-electron chi connectivity index (χ3n) is 3.27. The van der Waals surface area contributed by atoms with E-state index in [1.807, 2.05) is 31.2 Å². The minimum Gasteiger partial charge on any atom is -0.465 e. The first-order valence-corrected chi connectivity index (χ1v) is 7.16. The number of amides is 2. The van der Waals surface area contributed by atoms with Crippen molar-refractivity contribution in [3.63, 3.8) is 0 Å². The fraction of sp³-hybridized carbons (Fsp3) is 0.188. The molecule has 0 saturated heterocycles. The molecule has 3 aromatic heterocycles. The lowest BCUT2D eigenvalue weighted by Gasteiger charge is -2.04. The Morgan fingerprint density at radius 2 is 2.09 bits per heavy atom. The van der Waals surface area contributed by atoms with Crippen LogP contribution in [0.3, 0.4) is 0 Å². The van der Waals surface area contributed by atoms with Crippen molar-refractivity contribution in [1.29, 1.82) is 0 Å². The van der Waals surface area contributed by atoms with Crippen molar-refractivity contribution in [3.05, 3.63) is 59.8 Å². The Bertz CT molecular complexity index is 817. The van der Waals surface area contributed by atoms with Gasteiger partial charge in [-0.2, -0.15) is 5.10 Å². The molecule has 0 unspecified atom stereocenters.